The lowest BCUT2D eigenvalue weighted by Gasteiger charge is -2.12. The second-order valence-corrected chi connectivity index (χ2v) is 5.18. The zero-order valence-electron chi connectivity index (χ0n) is 11.0. The van der Waals surface area contributed by atoms with E-state index in [1.165, 1.54) is 5.56 Å². The van der Waals surface area contributed by atoms with E-state index in [9.17, 15) is 0 Å². The molecule has 1 heterocycles. The van der Waals surface area contributed by atoms with Crippen LogP contribution in [0.1, 0.15) is 25.3 Å². The van der Waals surface area contributed by atoms with Crippen LogP contribution in [0.2, 0.25) is 0 Å². The summed E-state index contributed by atoms with van der Waals surface area (Å²) >= 11 is 3.52. The van der Waals surface area contributed by atoms with Crippen molar-refractivity contribution in [2.24, 2.45) is 0 Å². The van der Waals surface area contributed by atoms with Crippen LogP contribution >= 0.6 is 15.9 Å². The van der Waals surface area contributed by atoms with Gasteiger partial charge in [0, 0.05) is 11.5 Å². The third kappa shape index (κ3) is 2.29. The first-order chi connectivity index (χ1) is 8.56. The van der Waals surface area contributed by atoms with Gasteiger partial charge in [-0.15, -0.1) is 0 Å². The maximum atomic E-state index is 5.36. The van der Waals surface area contributed by atoms with E-state index in [1.807, 2.05) is 12.1 Å². The van der Waals surface area contributed by atoms with Crippen LogP contribution in [0.5, 0.6) is 11.5 Å². The fourth-order valence-corrected chi connectivity index (χ4v) is 2.65. The highest BCUT2D eigenvalue weighted by molar-refractivity contribution is 9.10. The number of benzene rings is 1. The van der Waals surface area contributed by atoms with Crippen molar-refractivity contribution >= 4 is 26.8 Å². The molecule has 0 amide bonds. The number of hydrogen-bond donors (Lipinski definition) is 0. The minimum absolute atomic E-state index is 0.411. The van der Waals surface area contributed by atoms with Crippen molar-refractivity contribution in [3.63, 3.8) is 0 Å². The van der Waals surface area contributed by atoms with Gasteiger partial charge in [-0.05, 0) is 39.5 Å². The molecule has 0 saturated carbocycles. The smallest absolute Gasteiger partial charge is 0.148 e. The van der Waals surface area contributed by atoms with Gasteiger partial charge in [0.1, 0.15) is 21.6 Å². The molecule has 2 rings (SSSR count). The van der Waals surface area contributed by atoms with Gasteiger partial charge in [0.15, 0.2) is 0 Å². The topological polar surface area (TPSA) is 31.4 Å². The van der Waals surface area contributed by atoms with E-state index >= 15 is 0 Å². The Morgan fingerprint density at radius 1 is 1.11 bits per heavy atom. The van der Waals surface area contributed by atoms with Gasteiger partial charge < -0.3 is 9.47 Å². The molecule has 96 valence electrons. The Bertz CT molecular complexity index is 582. The standard InChI is InChI=1S/C14H16BrNO2/c1-8(2)11-6-9-5-10(17-3)7-12(18-4)13(9)16-14(11)15/h5-8H,1-4H3. The minimum atomic E-state index is 0.411. The Hall–Kier alpha value is -1.29. The largest absolute Gasteiger partial charge is 0.497 e. The number of methoxy groups -OCH3 is 2. The summed E-state index contributed by atoms with van der Waals surface area (Å²) in [6.07, 6.45) is 0. The highest BCUT2D eigenvalue weighted by Crippen LogP contribution is 2.34. The zero-order chi connectivity index (χ0) is 13.3. The van der Waals surface area contributed by atoms with Gasteiger partial charge in [0.25, 0.3) is 0 Å². The molecule has 0 fully saturated rings. The number of halogens is 1. The summed E-state index contributed by atoms with van der Waals surface area (Å²) < 4.78 is 11.5. The maximum Gasteiger partial charge on any atom is 0.148 e. The highest BCUT2D eigenvalue weighted by atomic mass is 79.9. The van der Waals surface area contributed by atoms with E-state index in [1.54, 1.807) is 14.2 Å². The second kappa shape index (κ2) is 5.14. The Kier molecular flexibility index (Phi) is 3.76. The quantitative estimate of drug-likeness (QED) is 0.799. The summed E-state index contributed by atoms with van der Waals surface area (Å²) in [7, 11) is 3.29. The molecule has 4 heteroatoms. The summed E-state index contributed by atoms with van der Waals surface area (Å²) in [4.78, 5) is 4.58. The van der Waals surface area contributed by atoms with Crippen LogP contribution in [0.25, 0.3) is 10.9 Å². The van der Waals surface area contributed by atoms with E-state index in [4.69, 9.17) is 9.47 Å². The van der Waals surface area contributed by atoms with Gasteiger partial charge in [-0.25, -0.2) is 4.98 Å². The van der Waals surface area contributed by atoms with Gasteiger partial charge >= 0.3 is 0 Å². The van der Waals surface area contributed by atoms with Crippen molar-refractivity contribution in [3.05, 3.63) is 28.4 Å². The number of rotatable bonds is 3. The Balaban J connectivity index is 2.75. The van der Waals surface area contributed by atoms with E-state index < -0.39 is 0 Å². The second-order valence-electron chi connectivity index (χ2n) is 4.42. The SMILES string of the molecule is COc1cc(OC)c2nc(Br)c(C(C)C)cc2c1. The zero-order valence-corrected chi connectivity index (χ0v) is 12.5. The number of aromatic nitrogens is 1. The summed E-state index contributed by atoms with van der Waals surface area (Å²) in [5.41, 5.74) is 2.02. The third-order valence-electron chi connectivity index (χ3n) is 2.91. The van der Waals surface area contributed by atoms with Crippen LogP contribution in [0, 0.1) is 0 Å². The molecule has 3 nitrogen and oxygen atoms in total. The van der Waals surface area contributed by atoms with Gasteiger partial charge in [-0.1, -0.05) is 13.8 Å². The number of nitrogens with zero attached hydrogens (tertiary/aromatic N) is 1. The van der Waals surface area contributed by atoms with Crippen LogP contribution in [-0.4, -0.2) is 19.2 Å². The third-order valence-corrected chi connectivity index (χ3v) is 3.55. The van der Waals surface area contributed by atoms with Crippen LogP contribution in [0.15, 0.2) is 22.8 Å². The normalized spacial score (nSPS) is 11.0. The molecule has 1 aromatic carbocycles. The van der Waals surface area contributed by atoms with Gasteiger partial charge in [-0.3, -0.25) is 0 Å². The van der Waals surface area contributed by atoms with Gasteiger partial charge in [0.2, 0.25) is 0 Å². The molecular formula is C14H16BrNO2. The van der Waals surface area contributed by atoms with Crippen LogP contribution < -0.4 is 9.47 Å². The minimum Gasteiger partial charge on any atom is -0.497 e. The summed E-state index contributed by atoms with van der Waals surface area (Å²) in [6, 6.07) is 5.95. The Morgan fingerprint density at radius 3 is 2.39 bits per heavy atom. The van der Waals surface area contributed by atoms with E-state index in [0.29, 0.717) is 5.92 Å². The fourth-order valence-electron chi connectivity index (χ4n) is 1.90. The average Bonchev–Trinajstić information content (AvgIpc) is 2.36. The lowest BCUT2D eigenvalue weighted by molar-refractivity contribution is 0.397. The first kappa shape index (κ1) is 13.1. The van der Waals surface area contributed by atoms with Gasteiger partial charge in [-0.2, -0.15) is 0 Å². The van der Waals surface area contributed by atoms with Crippen molar-refractivity contribution in [1.29, 1.82) is 0 Å². The maximum absolute atomic E-state index is 5.36. The van der Waals surface area contributed by atoms with Crippen LogP contribution in [0.4, 0.5) is 0 Å². The lowest BCUT2D eigenvalue weighted by Crippen LogP contribution is -1.96. The molecule has 0 aliphatic heterocycles. The molecule has 0 atom stereocenters. The molecular weight excluding hydrogens is 294 g/mol. The van der Waals surface area contributed by atoms with Gasteiger partial charge in [0.05, 0.1) is 14.2 Å². The predicted molar refractivity (Wildman–Crippen MR) is 76.6 cm³/mol. The number of pyridine rings is 1. The fraction of sp³-hybridized carbons (Fsp3) is 0.357. The van der Waals surface area contributed by atoms with E-state index in [-0.39, 0.29) is 0 Å². The van der Waals surface area contributed by atoms with Crippen LogP contribution in [0.3, 0.4) is 0 Å². The molecule has 0 radical (unpaired) electrons. The van der Waals surface area contributed by atoms with E-state index in [2.05, 4.69) is 40.8 Å². The lowest BCUT2D eigenvalue weighted by atomic mass is 10.0. The first-order valence-corrected chi connectivity index (χ1v) is 6.58. The summed E-state index contributed by atoms with van der Waals surface area (Å²) in [5.74, 6) is 1.91. The number of fused-ring (bicyclic) bond motifs is 1. The monoisotopic (exact) mass is 309 g/mol. The van der Waals surface area contributed by atoms with E-state index in [0.717, 1.165) is 27.0 Å². The van der Waals surface area contributed by atoms with Crippen molar-refractivity contribution in [2.45, 2.75) is 19.8 Å². The molecule has 2 aromatic rings. The summed E-state index contributed by atoms with van der Waals surface area (Å²) in [5, 5.41) is 1.03. The van der Waals surface area contributed by atoms with Crippen LogP contribution in [-0.2, 0) is 0 Å². The molecule has 0 bridgehead atoms. The Labute approximate surface area is 115 Å². The molecule has 0 aliphatic carbocycles. The number of ether oxygens (including phenoxy) is 2. The molecule has 0 unspecified atom stereocenters. The summed E-state index contributed by atoms with van der Waals surface area (Å²) in [6.45, 7) is 4.29. The predicted octanol–water partition coefficient (Wildman–Crippen LogP) is 4.14. The number of hydrogen-bond acceptors (Lipinski definition) is 3. The molecule has 18 heavy (non-hydrogen) atoms. The van der Waals surface area contributed by atoms with Crippen molar-refractivity contribution in [2.75, 3.05) is 14.2 Å². The first-order valence-electron chi connectivity index (χ1n) is 5.79. The molecule has 0 spiro atoms. The Morgan fingerprint density at radius 2 is 1.83 bits per heavy atom. The van der Waals surface area contributed by atoms with Crippen molar-refractivity contribution in [1.82, 2.24) is 4.98 Å². The highest BCUT2D eigenvalue weighted by Gasteiger charge is 2.12. The molecule has 0 saturated heterocycles. The van der Waals surface area contributed by atoms with Crippen molar-refractivity contribution in [3.8, 4) is 11.5 Å². The average molecular weight is 310 g/mol. The molecule has 1 aromatic heterocycles. The molecule has 0 N–H and O–H groups in total. The van der Waals surface area contributed by atoms with Crippen molar-refractivity contribution < 1.29 is 9.47 Å². The molecule has 0 aliphatic rings.